The van der Waals surface area contributed by atoms with E-state index < -0.39 is 0 Å². The Morgan fingerprint density at radius 1 is 1.50 bits per heavy atom. The maximum absolute atomic E-state index is 9.15. The van der Waals surface area contributed by atoms with Crippen molar-refractivity contribution in [3.8, 4) is 0 Å². The molecule has 1 fully saturated rings. The van der Waals surface area contributed by atoms with Crippen LogP contribution in [0.1, 0.15) is 27.7 Å². The lowest BCUT2D eigenvalue weighted by Crippen LogP contribution is -2.53. The molecule has 0 saturated carbocycles. The highest BCUT2D eigenvalue weighted by Crippen LogP contribution is 2.09. The average molecular weight is 230 g/mol. The lowest BCUT2D eigenvalue weighted by Gasteiger charge is -2.37. The minimum absolute atomic E-state index is 0.146. The van der Waals surface area contributed by atoms with Crippen LogP contribution in [0.5, 0.6) is 0 Å². The Kier molecular flexibility index (Phi) is 5.18. The Morgan fingerprint density at radius 3 is 2.75 bits per heavy atom. The number of hydrogen-bond donors (Lipinski definition) is 2. The molecule has 0 spiro atoms. The van der Waals surface area contributed by atoms with Crippen LogP contribution in [0.15, 0.2) is 0 Å². The number of ether oxygens (including phenoxy) is 1. The molecule has 0 aromatic rings. The molecule has 96 valence electrons. The molecule has 1 unspecified atom stereocenters. The summed E-state index contributed by atoms with van der Waals surface area (Å²) < 4.78 is 5.71. The Bertz CT molecular complexity index is 207. The molecule has 1 saturated heterocycles. The highest BCUT2D eigenvalue weighted by atomic mass is 16.5. The third kappa shape index (κ3) is 4.37. The summed E-state index contributed by atoms with van der Waals surface area (Å²) in [7, 11) is 0. The van der Waals surface area contributed by atoms with Crippen molar-refractivity contribution in [1.29, 1.82) is 0 Å². The van der Waals surface area contributed by atoms with Crippen LogP contribution in [-0.4, -0.2) is 60.5 Å². The molecule has 4 heteroatoms. The second-order valence-electron chi connectivity index (χ2n) is 5.50. The van der Waals surface area contributed by atoms with Gasteiger partial charge in [0.2, 0.25) is 0 Å². The van der Waals surface area contributed by atoms with Gasteiger partial charge in [-0.15, -0.1) is 0 Å². The molecule has 2 N–H and O–H groups in total. The van der Waals surface area contributed by atoms with Gasteiger partial charge in [0.1, 0.15) is 0 Å². The van der Waals surface area contributed by atoms with E-state index in [-0.39, 0.29) is 18.2 Å². The summed E-state index contributed by atoms with van der Waals surface area (Å²) in [4.78, 5) is 2.43. The summed E-state index contributed by atoms with van der Waals surface area (Å²) in [6.07, 6.45) is 0.238. The molecule has 0 aliphatic carbocycles. The predicted octanol–water partition coefficient (Wildman–Crippen LogP) is 0.456. The fraction of sp³-hybridized carbons (Fsp3) is 1.00. The third-order valence-corrected chi connectivity index (χ3v) is 3.10. The zero-order valence-corrected chi connectivity index (χ0v) is 11.0. The molecule has 16 heavy (non-hydrogen) atoms. The normalized spacial score (nSPS) is 24.0. The van der Waals surface area contributed by atoms with Gasteiger partial charge in [0.15, 0.2) is 0 Å². The lowest BCUT2D eigenvalue weighted by atomic mass is 10.1. The van der Waals surface area contributed by atoms with Gasteiger partial charge >= 0.3 is 0 Å². The molecule has 1 aliphatic heterocycles. The second-order valence-corrected chi connectivity index (χ2v) is 5.50. The minimum atomic E-state index is -0.219. The fourth-order valence-electron chi connectivity index (χ4n) is 1.78. The number of hydrogen-bond acceptors (Lipinski definition) is 4. The fourth-order valence-corrected chi connectivity index (χ4v) is 1.78. The van der Waals surface area contributed by atoms with Gasteiger partial charge in [-0.2, -0.15) is 0 Å². The summed E-state index contributed by atoms with van der Waals surface area (Å²) in [6, 6.07) is 0.581. The van der Waals surface area contributed by atoms with Crippen LogP contribution in [0.4, 0.5) is 0 Å². The number of nitrogens with one attached hydrogen (secondary N) is 1. The molecule has 1 heterocycles. The van der Waals surface area contributed by atoms with Crippen LogP contribution < -0.4 is 5.32 Å². The van der Waals surface area contributed by atoms with Crippen LogP contribution in [0, 0.1) is 0 Å². The first-order valence-electron chi connectivity index (χ1n) is 6.16. The SMILES string of the molecule is CC(C)N1CCOC(CNC(C)(C)CO)C1. The zero-order valence-electron chi connectivity index (χ0n) is 11.0. The maximum Gasteiger partial charge on any atom is 0.0827 e. The van der Waals surface area contributed by atoms with E-state index in [0.717, 1.165) is 26.2 Å². The quantitative estimate of drug-likeness (QED) is 0.720. The van der Waals surface area contributed by atoms with Gasteiger partial charge in [0, 0.05) is 31.2 Å². The third-order valence-electron chi connectivity index (χ3n) is 3.10. The number of aliphatic hydroxyl groups excluding tert-OH is 1. The molecular formula is C12H26N2O2. The number of aliphatic hydroxyl groups is 1. The Morgan fingerprint density at radius 2 is 2.19 bits per heavy atom. The predicted molar refractivity (Wildman–Crippen MR) is 65.6 cm³/mol. The summed E-state index contributed by atoms with van der Waals surface area (Å²) >= 11 is 0. The van der Waals surface area contributed by atoms with E-state index in [4.69, 9.17) is 9.84 Å². The van der Waals surface area contributed by atoms with Gasteiger partial charge < -0.3 is 15.2 Å². The van der Waals surface area contributed by atoms with Crippen molar-refractivity contribution in [3.63, 3.8) is 0 Å². The van der Waals surface area contributed by atoms with Gasteiger partial charge in [0.05, 0.1) is 19.3 Å². The first-order valence-corrected chi connectivity index (χ1v) is 6.16. The van der Waals surface area contributed by atoms with Crippen LogP contribution in [0.3, 0.4) is 0 Å². The maximum atomic E-state index is 9.15. The largest absolute Gasteiger partial charge is 0.394 e. The molecule has 1 rings (SSSR count). The van der Waals surface area contributed by atoms with Gasteiger partial charge in [-0.3, -0.25) is 4.90 Å². The molecule has 0 radical (unpaired) electrons. The number of morpholine rings is 1. The summed E-state index contributed by atoms with van der Waals surface area (Å²) in [5, 5.41) is 12.5. The van der Waals surface area contributed by atoms with E-state index in [1.54, 1.807) is 0 Å². The zero-order chi connectivity index (χ0) is 12.2. The van der Waals surface area contributed by atoms with Crippen molar-refractivity contribution in [3.05, 3.63) is 0 Å². The van der Waals surface area contributed by atoms with Crippen LogP contribution in [-0.2, 0) is 4.74 Å². The monoisotopic (exact) mass is 230 g/mol. The number of nitrogens with zero attached hydrogens (tertiary/aromatic N) is 1. The highest BCUT2D eigenvalue weighted by Gasteiger charge is 2.24. The first kappa shape index (κ1) is 13.9. The van der Waals surface area contributed by atoms with E-state index in [0.29, 0.717) is 6.04 Å². The van der Waals surface area contributed by atoms with Crippen molar-refractivity contribution >= 4 is 0 Å². The van der Waals surface area contributed by atoms with Crippen LogP contribution in [0.25, 0.3) is 0 Å². The highest BCUT2D eigenvalue weighted by molar-refractivity contribution is 4.81. The Labute approximate surface area is 99.0 Å². The van der Waals surface area contributed by atoms with Crippen molar-refractivity contribution in [2.24, 2.45) is 0 Å². The van der Waals surface area contributed by atoms with E-state index in [2.05, 4.69) is 24.1 Å². The number of rotatable bonds is 5. The topological polar surface area (TPSA) is 44.7 Å². The molecular weight excluding hydrogens is 204 g/mol. The van der Waals surface area contributed by atoms with Crippen LogP contribution in [0.2, 0.25) is 0 Å². The molecule has 0 aromatic heterocycles. The van der Waals surface area contributed by atoms with Gasteiger partial charge in [0.25, 0.3) is 0 Å². The van der Waals surface area contributed by atoms with Gasteiger partial charge in [-0.25, -0.2) is 0 Å². The van der Waals surface area contributed by atoms with E-state index >= 15 is 0 Å². The summed E-state index contributed by atoms with van der Waals surface area (Å²) in [6.45, 7) is 12.2. The standard InChI is InChI=1S/C12H26N2O2/c1-10(2)14-5-6-16-11(8-14)7-13-12(3,4)9-15/h10-11,13,15H,5-9H2,1-4H3. The average Bonchev–Trinajstić information content (AvgIpc) is 2.27. The summed E-state index contributed by atoms with van der Waals surface area (Å²) in [5.41, 5.74) is -0.219. The van der Waals surface area contributed by atoms with Gasteiger partial charge in [-0.05, 0) is 27.7 Å². The second kappa shape index (κ2) is 5.96. The lowest BCUT2D eigenvalue weighted by molar-refractivity contribution is -0.0405. The van der Waals surface area contributed by atoms with Crippen molar-refractivity contribution in [2.45, 2.75) is 45.4 Å². The molecule has 1 atom stereocenters. The summed E-state index contributed by atoms with van der Waals surface area (Å²) in [5.74, 6) is 0. The van der Waals surface area contributed by atoms with Crippen molar-refractivity contribution in [1.82, 2.24) is 10.2 Å². The molecule has 1 aliphatic rings. The van der Waals surface area contributed by atoms with E-state index in [1.165, 1.54) is 0 Å². The minimum Gasteiger partial charge on any atom is -0.394 e. The molecule has 0 amide bonds. The Balaban J connectivity index is 2.32. The van der Waals surface area contributed by atoms with Crippen molar-refractivity contribution in [2.75, 3.05) is 32.8 Å². The molecule has 4 nitrogen and oxygen atoms in total. The van der Waals surface area contributed by atoms with Crippen LogP contribution >= 0.6 is 0 Å². The molecule has 0 aromatic carbocycles. The smallest absolute Gasteiger partial charge is 0.0827 e. The van der Waals surface area contributed by atoms with Crippen molar-refractivity contribution < 1.29 is 9.84 Å². The first-order chi connectivity index (χ1) is 7.44. The van der Waals surface area contributed by atoms with Gasteiger partial charge in [-0.1, -0.05) is 0 Å². The Hall–Kier alpha value is -0.160. The van der Waals surface area contributed by atoms with E-state index in [9.17, 15) is 0 Å². The van der Waals surface area contributed by atoms with E-state index in [1.807, 2.05) is 13.8 Å². The molecule has 0 bridgehead atoms.